The molecule has 4 nitrogen and oxygen atoms in total. The summed E-state index contributed by atoms with van der Waals surface area (Å²) in [4.78, 5) is 16.6. The van der Waals surface area contributed by atoms with E-state index in [-0.39, 0.29) is 5.91 Å². The van der Waals surface area contributed by atoms with Crippen LogP contribution in [0.5, 0.6) is 0 Å². The standard InChI is InChI=1S/C16H25N3O/c1-3-19(15-7-5-14(2)6-8-15)16(20)13-18-11-4-9-17-10-12-18/h5-8,17H,3-4,9-13H2,1-2H3. The highest BCUT2D eigenvalue weighted by Crippen LogP contribution is 2.15. The Morgan fingerprint density at radius 2 is 2.00 bits per heavy atom. The zero-order chi connectivity index (χ0) is 14.4. The van der Waals surface area contributed by atoms with Crippen LogP contribution in [0.1, 0.15) is 18.9 Å². The number of hydrogen-bond donors (Lipinski definition) is 1. The van der Waals surface area contributed by atoms with Gasteiger partial charge in [-0.2, -0.15) is 0 Å². The summed E-state index contributed by atoms with van der Waals surface area (Å²) < 4.78 is 0. The lowest BCUT2D eigenvalue weighted by atomic mass is 10.2. The topological polar surface area (TPSA) is 35.6 Å². The molecule has 0 aromatic heterocycles. The molecule has 110 valence electrons. The van der Waals surface area contributed by atoms with Crippen LogP contribution in [-0.4, -0.2) is 50.1 Å². The van der Waals surface area contributed by atoms with Gasteiger partial charge in [-0.1, -0.05) is 17.7 Å². The summed E-state index contributed by atoms with van der Waals surface area (Å²) in [6.07, 6.45) is 1.12. The number of aryl methyl sites for hydroxylation is 1. The second kappa shape index (κ2) is 7.41. The zero-order valence-corrected chi connectivity index (χ0v) is 12.6. The molecule has 20 heavy (non-hydrogen) atoms. The number of carbonyl (C=O) groups is 1. The van der Waals surface area contributed by atoms with E-state index in [2.05, 4.69) is 29.3 Å². The Kier molecular flexibility index (Phi) is 5.56. The molecule has 0 saturated carbocycles. The number of anilines is 1. The van der Waals surface area contributed by atoms with Gasteiger partial charge in [-0.05, 0) is 45.5 Å². The summed E-state index contributed by atoms with van der Waals surface area (Å²) in [6, 6.07) is 8.17. The Morgan fingerprint density at radius 3 is 2.70 bits per heavy atom. The van der Waals surface area contributed by atoms with Crippen LogP contribution in [0, 0.1) is 6.92 Å². The first-order valence-electron chi connectivity index (χ1n) is 7.51. The van der Waals surface area contributed by atoms with Crippen molar-refractivity contribution in [2.75, 3.05) is 44.2 Å². The highest BCUT2D eigenvalue weighted by atomic mass is 16.2. The molecule has 0 atom stereocenters. The number of carbonyl (C=O) groups excluding carboxylic acids is 1. The SMILES string of the molecule is CCN(C(=O)CN1CCCNCC1)c1ccc(C)cc1. The van der Waals surface area contributed by atoms with E-state index in [0.29, 0.717) is 13.1 Å². The maximum absolute atomic E-state index is 12.5. The van der Waals surface area contributed by atoms with Crippen molar-refractivity contribution < 1.29 is 4.79 Å². The molecule has 1 N–H and O–H groups in total. The molecule has 1 aromatic carbocycles. The summed E-state index contributed by atoms with van der Waals surface area (Å²) in [7, 11) is 0. The number of benzene rings is 1. The number of hydrogen-bond acceptors (Lipinski definition) is 3. The Bertz CT molecular complexity index is 422. The predicted octanol–water partition coefficient (Wildman–Crippen LogP) is 1.64. The van der Waals surface area contributed by atoms with E-state index in [1.54, 1.807) is 0 Å². The lowest BCUT2D eigenvalue weighted by Gasteiger charge is -2.25. The lowest BCUT2D eigenvalue weighted by molar-refractivity contribution is -0.119. The minimum atomic E-state index is 0.193. The number of nitrogens with one attached hydrogen (secondary N) is 1. The first kappa shape index (κ1) is 15.0. The van der Waals surface area contributed by atoms with E-state index in [4.69, 9.17) is 0 Å². The van der Waals surface area contributed by atoms with Gasteiger partial charge in [0.1, 0.15) is 0 Å². The molecular weight excluding hydrogens is 250 g/mol. The third-order valence-electron chi connectivity index (χ3n) is 3.75. The molecule has 4 heteroatoms. The van der Waals surface area contributed by atoms with Gasteiger partial charge in [0.15, 0.2) is 0 Å². The van der Waals surface area contributed by atoms with Crippen LogP contribution < -0.4 is 10.2 Å². The Labute approximate surface area is 121 Å². The van der Waals surface area contributed by atoms with E-state index >= 15 is 0 Å². The zero-order valence-electron chi connectivity index (χ0n) is 12.6. The van der Waals surface area contributed by atoms with Crippen molar-refractivity contribution in [2.24, 2.45) is 0 Å². The van der Waals surface area contributed by atoms with Gasteiger partial charge in [-0.25, -0.2) is 0 Å². The van der Waals surface area contributed by atoms with E-state index in [9.17, 15) is 4.79 Å². The molecule has 1 saturated heterocycles. The molecule has 1 aliphatic heterocycles. The quantitative estimate of drug-likeness (QED) is 0.907. The van der Waals surface area contributed by atoms with Crippen LogP contribution in [0.3, 0.4) is 0 Å². The van der Waals surface area contributed by atoms with Crippen molar-refractivity contribution in [3.63, 3.8) is 0 Å². The van der Waals surface area contributed by atoms with Gasteiger partial charge in [0.25, 0.3) is 0 Å². The highest BCUT2D eigenvalue weighted by Gasteiger charge is 2.18. The fraction of sp³-hybridized carbons (Fsp3) is 0.562. The van der Waals surface area contributed by atoms with Crippen LogP contribution >= 0.6 is 0 Å². The fourth-order valence-corrected chi connectivity index (χ4v) is 2.56. The van der Waals surface area contributed by atoms with Crippen molar-refractivity contribution in [1.29, 1.82) is 0 Å². The van der Waals surface area contributed by atoms with E-state index in [0.717, 1.165) is 38.3 Å². The fourth-order valence-electron chi connectivity index (χ4n) is 2.56. The van der Waals surface area contributed by atoms with Gasteiger partial charge < -0.3 is 10.2 Å². The number of rotatable bonds is 4. The maximum Gasteiger partial charge on any atom is 0.241 e. The van der Waals surface area contributed by atoms with Crippen LogP contribution in [0.15, 0.2) is 24.3 Å². The second-order valence-corrected chi connectivity index (χ2v) is 5.35. The molecule has 0 radical (unpaired) electrons. The van der Waals surface area contributed by atoms with Gasteiger partial charge >= 0.3 is 0 Å². The summed E-state index contributed by atoms with van der Waals surface area (Å²) in [5, 5.41) is 3.37. The van der Waals surface area contributed by atoms with Crippen molar-refractivity contribution in [3.05, 3.63) is 29.8 Å². The molecule has 1 amide bonds. The molecule has 1 aromatic rings. The molecule has 1 aliphatic rings. The number of likely N-dealkylation sites (N-methyl/N-ethyl adjacent to an activating group) is 1. The van der Waals surface area contributed by atoms with Gasteiger partial charge in [-0.15, -0.1) is 0 Å². The molecule has 0 spiro atoms. The van der Waals surface area contributed by atoms with Crippen LogP contribution in [-0.2, 0) is 4.79 Å². The minimum Gasteiger partial charge on any atom is -0.315 e. The smallest absolute Gasteiger partial charge is 0.241 e. The molecule has 0 unspecified atom stereocenters. The molecule has 1 heterocycles. The Hall–Kier alpha value is -1.39. The Balaban J connectivity index is 1.99. The second-order valence-electron chi connectivity index (χ2n) is 5.35. The van der Waals surface area contributed by atoms with E-state index in [1.807, 2.05) is 24.0 Å². The van der Waals surface area contributed by atoms with E-state index in [1.165, 1.54) is 5.56 Å². The van der Waals surface area contributed by atoms with Crippen LogP contribution in [0.2, 0.25) is 0 Å². The van der Waals surface area contributed by atoms with Crippen molar-refractivity contribution in [3.8, 4) is 0 Å². The highest BCUT2D eigenvalue weighted by molar-refractivity contribution is 5.94. The summed E-state index contributed by atoms with van der Waals surface area (Å²) in [5.41, 5.74) is 2.21. The van der Waals surface area contributed by atoms with Crippen LogP contribution in [0.4, 0.5) is 5.69 Å². The van der Waals surface area contributed by atoms with Crippen LogP contribution in [0.25, 0.3) is 0 Å². The van der Waals surface area contributed by atoms with Gasteiger partial charge in [-0.3, -0.25) is 9.69 Å². The largest absolute Gasteiger partial charge is 0.315 e. The average molecular weight is 275 g/mol. The predicted molar refractivity (Wildman–Crippen MR) is 83.1 cm³/mol. The maximum atomic E-state index is 12.5. The summed E-state index contributed by atoms with van der Waals surface area (Å²) in [5.74, 6) is 0.193. The average Bonchev–Trinajstić information content (AvgIpc) is 2.70. The monoisotopic (exact) mass is 275 g/mol. The minimum absolute atomic E-state index is 0.193. The van der Waals surface area contributed by atoms with Crippen molar-refractivity contribution in [1.82, 2.24) is 10.2 Å². The summed E-state index contributed by atoms with van der Waals surface area (Å²) >= 11 is 0. The van der Waals surface area contributed by atoms with Gasteiger partial charge in [0.2, 0.25) is 5.91 Å². The van der Waals surface area contributed by atoms with Gasteiger partial charge in [0.05, 0.1) is 6.54 Å². The first-order valence-corrected chi connectivity index (χ1v) is 7.51. The van der Waals surface area contributed by atoms with Gasteiger partial charge in [0, 0.05) is 25.3 Å². The number of nitrogens with zero attached hydrogens (tertiary/aromatic N) is 2. The van der Waals surface area contributed by atoms with E-state index < -0.39 is 0 Å². The lowest BCUT2D eigenvalue weighted by Crippen LogP contribution is -2.41. The number of amides is 1. The molecule has 0 aliphatic carbocycles. The molecule has 0 bridgehead atoms. The Morgan fingerprint density at radius 1 is 1.25 bits per heavy atom. The summed E-state index contributed by atoms with van der Waals surface area (Å²) in [6.45, 7) is 9.32. The molecular formula is C16H25N3O. The molecule has 2 rings (SSSR count). The van der Waals surface area contributed by atoms with Crippen molar-refractivity contribution in [2.45, 2.75) is 20.3 Å². The van der Waals surface area contributed by atoms with Crippen molar-refractivity contribution >= 4 is 11.6 Å². The third-order valence-corrected chi connectivity index (χ3v) is 3.75. The normalized spacial score (nSPS) is 16.7. The first-order chi connectivity index (χ1) is 9.70. The molecule has 1 fully saturated rings. The third kappa shape index (κ3) is 4.05.